The molecule has 0 fully saturated rings. The molecule has 0 saturated heterocycles. The van der Waals surface area contributed by atoms with Gasteiger partial charge in [-0.05, 0) is 33.4 Å². The molecule has 0 aromatic heterocycles. The molecule has 18 heavy (non-hydrogen) atoms. The van der Waals surface area contributed by atoms with Crippen molar-refractivity contribution in [3.63, 3.8) is 0 Å². The third-order valence-electron chi connectivity index (χ3n) is 2.85. The van der Waals surface area contributed by atoms with Gasteiger partial charge in [-0.1, -0.05) is 13.8 Å². The van der Waals surface area contributed by atoms with Gasteiger partial charge in [0.2, 0.25) is 0 Å². The maximum Gasteiger partial charge on any atom is 0.158 e. The monoisotopic (exact) mass is 260 g/mol. The Hall–Kier alpha value is -0.160. The maximum absolute atomic E-state index is 5.50. The van der Waals surface area contributed by atoms with E-state index in [1.54, 1.807) is 0 Å². The lowest BCUT2D eigenvalue weighted by molar-refractivity contribution is -0.138. The van der Waals surface area contributed by atoms with Gasteiger partial charge in [0.25, 0.3) is 0 Å². The van der Waals surface area contributed by atoms with Crippen LogP contribution in [0.4, 0.5) is 0 Å². The van der Waals surface area contributed by atoms with E-state index in [4.69, 9.17) is 9.47 Å². The SMILES string of the molecule is CCCN(CC)CCNCCC(OCC)OCC. The molecular formula is C14H32N2O2. The van der Waals surface area contributed by atoms with Gasteiger partial charge < -0.3 is 19.7 Å². The molecule has 4 heteroatoms. The molecule has 0 rings (SSSR count). The summed E-state index contributed by atoms with van der Waals surface area (Å²) in [5, 5.41) is 3.45. The number of nitrogens with one attached hydrogen (secondary N) is 1. The second-order valence-electron chi connectivity index (χ2n) is 4.31. The minimum absolute atomic E-state index is 0.0505. The fourth-order valence-electron chi connectivity index (χ4n) is 1.91. The smallest absolute Gasteiger partial charge is 0.158 e. The fraction of sp³-hybridized carbons (Fsp3) is 1.00. The van der Waals surface area contributed by atoms with Gasteiger partial charge in [0.15, 0.2) is 6.29 Å². The molecule has 0 amide bonds. The maximum atomic E-state index is 5.50. The second kappa shape index (κ2) is 13.3. The molecule has 0 aromatic rings. The highest BCUT2D eigenvalue weighted by molar-refractivity contribution is 4.58. The molecule has 4 nitrogen and oxygen atoms in total. The zero-order valence-electron chi connectivity index (χ0n) is 12.7. The van der Waals surface area contributed by atoms with E-state index < -0.39 is 0 Å². The molecule has 110 valence electrons. The van der Waals surface area contributed by atoms with E-state index in [0.717, 1.165) is 32.6 Å². The summed E-state index contributed by atoms with van der Waals surface area (Å²) >= 11 is 0. The average molecular weight is 260 g/mol. The first kappa shape index (κ1) is 17.8. The molecule has 0 aliphatic carbocycles. The first-order chi connectivity index (χ1) is 8.78. The van der Waals surface area contributed by atoms with Crippen molar-refractivity contribution in [1.29, 1.82) is 0 Å². The number of nitrogens with zero attached hydrogens (tertiary/aromatic N) is 1. The fourth-order valence-corrected chi connectivity index (χ4v) is 1.91. The van der Waals surface area contributed by atoms with E-state index in [-0.39, 0.29) is 6.29 Å². The van der Waals surface area contributed by atoms with E-state index in [9.17, 15) is 0 Å². The van der Waals surface area contributed by atoms with Gasteiger partial charge in [0.1, 0.15) is 0 Å². The quantitative estimate of drug-likeness (QED) is 0.406. The van der Waals surface area contributed by atoms with Gasteiger partial charge in [0.05, 0.1) is 0 Å². The van der Waals surface area contributed by atoms with Gasteiger partial charge >= 0.3 is 0 Å². The van der Waals surface area contributed by atoms with Gasteiger partial charge in [-0.15, -0.1) is 0 Å². The predicted molar refractivity (Wildman–Crippen MR) is 76.9 cm³/mol. The molecule has 0 bridgehead atoms. The van der Waals surface area contributed by atoms with Crippen molar-refractivity contribution in [2.24, 2.45) is 0 Å². The zero-order valence-corrected chi connectivity index (χ0v) is 12.7. The van der Waals surface area contributed by atoms with Gasteiger partial charge in [-0.25, -0.2) is 0 Å². The van der Waals surface area contributed by atoms with Gasteiger partial charge in [-0.2, -0.15) is 0 Å². The summed E-state index contributed by atoms with van der Waals surface area (Å²) in [4.78, 5) is 2.47. The molecule has 0 aliphatic heterocycles. The van der Waals surface area contributed by atoms with Crippen LogP contribution in [0.3, 0.4) is 0 Å². The Labute approximate surface area is 113 Å². The Morgan fingerprint density at radius 3 is 2.11 bits per heavy atom. The second-order valence-corrected chi connectivity index (χ2v) is 4.31. The molecule has 0 aromatic carbocycles. The predicted octanol–water partition coefficient (Wildman–Crippen LogP) is 2.10. The number of hydrogen-bond acceptors (Lipinski definition) is 4. The lowest BCUT2D eigenvalue weighted by Gasteiger charge is -2.20. The van der Waals surface area contributed by atoms with Crippen molar-refractivity contribution >= 4 is 0 Å². The highest BCUT2D eigenvalue weighted by Crippen LogP contribution is 1.99. The Morgan fingerprint density at radius 1 is 0.944 bits per heavy atom. The molecule has 0 atom stereocenters. The molecule has 0 radical (unpaired) electrons. The van der Waals surface area contributed by atoms with Crippen molar-refractivity contribution < 1.29 is 9.47 Å². The van der Waals surface area contributed by atoms with Crippen LogP contribution in [0.15, 0.2) is 0 Å². The van der Waals surface area contributed by atoms with Crippen LogP contribution in [0.25, 0.3) is 0 Å². The van der Waals surface area contributed by atoms with Gasteiger partial charge in [-0.3, -0.25) is 0 Å². The highest BCUT2D eigenvalue weighted by atomic mass is 16.7. The van der Waals surface area contributed by atoms with Crippen LogP contribution in [-0.4, -0.2) is 57.1 Å². The van der Waals surface area contributed by atoms with Crippen molar-refractivity contribution in [3.05, 3.63) is 0 Å². The average Bonchev–Trinajstić information content (AvgIpc) is 2.37. The highest BCUT2D eigenvalue weighted by Gasteiger charge is 2.07. The summed E-state index contributed by atoms with van der Waals surface area (Å²) in [7, 11) is 0. The number of rotatable bonds is 13. The zero-order chi connectivity index (χ0) is 13.6. The third kappa shape index (κ3) is 9.83. The van der Waals surface area contributed by atoms with E-state index in [1.165, 1.54) is 13.0 Å². The topological polar surface area (TPSA) is 33.7 Å². The first-order valence-electron chi connectivity index (χ1n) is 7.44. The Morgan fingerprint density at radius 2 is 1.61 bits per heavy atom. The van der Waals surface area contributed by atoms with Crippen LogP contribution in [0.5, 0.6) is 0 Å². The van der Waals surface area contributed by atoms with Crippen LogP contribution in [0.1, 0.15) is 40.5 Å². The van der Waals surface area contributed by atoms with Gasteiger partial charge in [0, 0.05) is 39.3 Å². The van der Waals surface area contributed by atoms with E-state index in [1.807, 2.05) is 13.8 Å². The summed E-state index contributed by atoms with van der Waals surface area (Å²) in [6, 6.07) is 0. The van der Waals surface area contributed by atoms with Crippen molar-refractivity contribution in [2.45, 2.75) is 46.8 Å². The lowest BCUT2D eigenvalue weighted by Crippen LogP contribution is -2.34. The Bertz CT molecular complexity index is 162. The van der Waals surface area contributed by atoms with Crippen LogP contribution >= 0.6 is 0 Å². The molecule has 0 unspecified atom stereocenters. The Balaban J connectivity index is 3.51. The van der Waals surface area contributed by atoms with Crippen molar-refractivity contribution in [1.82, 2.24) is 10.2 Å². The lowest BCUT2D eigenvalue weighted by atomic mass is 10.3. The molecule has 0 saturated carbocycles. The van der Waals surface area contributed by atoms with Crippen LogP contribution in [-0.2, 0) is 9.47 Å². The molecular weight excluding hydrogens is 228 g/mol. The summed E-state index contributed by atoms with van der Waals surface area (Å²) in [5.74, 6) is 0. The minimum atomic E-state index is -0.0505. The molecule has 0 spiro atoms. The molecule has 0 heterocycles. The summed E-state index contributed by atoms with van der Waals surface area (Å²) in [6.45, 7) is 15.3. The standard InChI is InChI=1S/C14H32N2O2/c1-5-12-16(6-2)13-11-15-10-9-14(17-7-3)18-8-4/h14-15H,5-13H2,1-4H3. The van der Waals surface area contributed by atoms with Crippen molar-refractivity contribution in [3.8, 4) is 0 Å². The van der Waals surface area contributed by atoms with Crippen molar-refractivity contribution in [2.75, 3.05) is 45.9 Å². The largest absolute Gasteiger partial charge is 0.353 e. The number of ether oxygens (including phenoxy) is 2. The molecule has 1 N–H and O–H groups in total. The first-order valence-corrected chi connectivity index (χ1v) is 7.44. The number of likely N-dealkylation sites (N-methyl/N-ethyl adjacent to an activating group) is 1. The van der Waals surface area contributed by atoms with Crippen LogP contribution < -0.4 is 5.32 Å². The summed E-state index contributed by atoms with van der Waals surface area (Å²) < 4.78 is 11.0. The van der Waals surface area contributed by atoms with E-state index in [2.05, 4.69) is 24.1 Å². The Kier molecular flexibility index (Phi) is 13.2. The van der Waals surface area contributed by atoms with Crippen LogP contribution in [0.2, 0.25) is 0 Å². The number of hydrogen-bond donors (Lipinski definition) is 1. The summed E-state index contributed by atoms with van der Waals surface area (Å²) in [5.41, 5.74) is 0. The van der Waals surface area contributed by atoms with E-state index >= 15 is 0 Å². The minimum Gasteiger partial charge on any atom is -0.353 e. The summed E-state index contributed by atoms with van der Waals surface area (Å²) in [6.07, 6.45) is 2.09. The normalized spacial score (nSPS) is 11.7. The van der Waals surface area contributed by atoms with Crippen LogP contribution in [0, 0.1) is 0 Å². The molecule has 0 aliphatic rings. The van der Waals surface area contributed by atoms with E-state index in [0.29, 0.717) is 13.2 Å². The third-order valence-corrected chi connectivity index (χ3v) is 2.85.